The van der Waals surface area contributed by atoms with E-state index in [2.05, 4.69) is 4.74 Å². The van der Waals surface area contributed by atoms with E-state index in [-0.39, 0.29) is 18.3 Å². The van der Waals surface area contributed by atoms with Gasteiger partial charge in [-0.2, -0.15) is 0 Å². The number of aliphatic hydroxyl groups excluding tert-OH is 1. The second-order valence-corrected chi connectivity index (χ2v) is 6.26. The van der Waals surface area contributed by atoms with E-state index >= 15 is 0 Å². The molecule has 2 aromatic carbocycles. The molecule has 0 aromatic heterocycles. The molecule has 148 valence electrons. The van der Waals surface area contributed by atoms with Crippen LogP contribution in [0.5, 0.6) is 23.0 Å². The molecule has 0 unspecified atom stereocenters. The van der Waals surface area contributed by atoms with E-state index in [4.69, 9.17) is 14.2 Å². The molecule has 3 rings (SSSR count). The first kappa shape index (κ1) is 19.6. The molecule has 2 N–H and O–H groups in total. The lowest BCUT2D eigenvalue weighted by Crippen LogP contribution is -2.13. The van der Waals surface area contributed by atoms with Gasteiger partial charge >= 0.3 is 5.97 Å². The van der Waals surface area contributed by atoms with Crippen LogP contribution in [-0.4, -0.2) is 44.1 Å². The maximum Gasteiger partial charge on any atom is 0.330 e. The van der Waals surface area contributed by atoms with E-state index in [9.17, 15) is 15.0 Å². The maximum atomic E-state index is 11.4. The van der Waals surface area contributed by atoms with Crippen molar-refractivity contribution in [3.63, 3.8) is 0 Å². The summed E-state index contributed by atoms with van der Waals surface area (Å²) >= 11 is 0. The molecule has 28 heavy (non-hydrogen) atoms. The molecule has 0 saturated heterocycles. The fourth-order valence-electron chi connectivity index (χ4n) is 3.27. The predicted molar refractivity (Wildman–Crippen MR) is 102 cm³/mol. The van der Waals surface area contributed by atoms with Gasteiger partial charge < -0.3 is 29.2 Å². The molecule has 1 heterocycles. The van der Waals surface area contributed by atoms with Gasteiger partial charge in [0.25, 0.3) is 0 Å². The van der Waals surface area contributed by atoms with Crippen LogP contribution in [0.2, 0.25) is 0 Å². The van der Waals surface area contributed by atoms with E-state index in [0.29, 0.717) is 22.8 Å². The molecule has 0 bridgehead atoms. The zero-order valence-corrected chi connectivity index (χ0v) is 15.8. The summed E-state index contributed by atoms with van der Waals surface area (Å²) in [5.74, 6) is 0.549. The normalized spacial score (nSPS) is 17.9. The van der Waals surface area contributed by atoms with Crippen LogP contribution in [0.4, 0.5) is 0 Å². The summed E-state index contributed by atoms with van der Waals surface area (Å²) in [6, 6.07) is 8.51. The van der Waals surface area contributed by atoms with Gasteiger partial charge in [-0.3, -0.25) is 0 Å². The molecule has 1 aliphatic rings. The summed E-state index contributed by atoms with van der Waals surface area (Å²) in [4.78, 5) is 11.4. The third-order valence-corrected chi connectivity index (χ3v) is 4.68. The first-order chi connectivity index (χ1) is 13.5. The lowest BCUT2D eigenvalue weighted by Gasteiger charge is -2.18. The fourth-order valence-corrected chi connectivity index (χ4v) is 3.27. The number of carbonyl (C=O) groups excluding carboxylic acids is 1. The van der Waals surface area contributed by atoms with Crippen LogP contribution >= 0.6 is 0 Å². The molecule has 0 amide bonds. The summed E-state index contributed by atoms with van der Waals surface area (Å²) in [5, 5.41) is 19.9. The highest BCUT2D eigenvalue weighted by atomic mass is 16.5. The Morgan fingerprint density at radius 1 is 1.14 bits per heavy atom. The van der Waals surface area contributed by atoms with Crippen molar-refractivity contribution in [2.45, 2.75) is 12.0 Å². The number of aromatic hydroxyl groups is 1. The maximum absolute atomic E-state index is 11.4. The van der Waals surface area contributed by atoms with Crippen molar-refractivity contribution in [3.8, 4) is 23.0 Å². The van der Waals surface area contributed by atoms with Gasteiger partial charge in [-0.05, 0) is 41.5 Å². The number of fused-ring (bicyclic) bond motifs is 1. The smallest absolute Gasteiger partial charge is 0.330 e. The third kappa shape index (κ3) is 3.61. The van der Waals surface area contributed by atoms with Gasteiger partial charge in [-0.1, -0.05) is 6.07 Å². The van der Waals surface area contributed by atoms with Crippen LogP contribution < -0.4 is 14.2 Å². The van der Waals surface area contributed by atoms with E-state index < -0.39 is 12.1 Å². The fraction of sp³-hybridized carbons (Fsp3) is 0.286. The van der Waals surface area contributed by atoms with Crippen molar-refractivity contribution in [1.82, 2.24) is 0 Å². The van der Waals surface area contributed by atoms with E-state index in [0.717, 1.165) is 11.1 Å². The average Bonchev–Trinajstić information content (AvgIpc) is 3.10. The Labute approximate surface area is 162 Å². The number of ether oxygens (including phenoxy) is 4. The number of carbonyl (C=O) groups is 1. The van der Waals surface area contributed by atoms with Gasteiger partial charge in [0.1, 0.15) is 6.10 Å². The molecule has 0 fully saturated rings. The van der Waals surface area contributed by atoms with Gasteiger partial charge in [0.2, 0.25) is 0 Å². The summed E-state index contributed by atoms with van der Waals surface area (Å²) < 4.78 is 21.4. The number of rotatable bonds is 6. The van der Waals surface area contributed by atoms with Crippen LogP contribution in [-0.2, 0) is 9.53 Å². The van der Waals surface area contributed by atoms with Crippen LogP contribution in [0.25, 0.3) is 6.08 Å². The number of esters is 1. The Hall–Kier alpha value is -3.19. The number of phenolic OH excluding ortho intramolecular Hbond substituents is 1. The van der Waals surface area contributed by atoms with E-state index in [1.54, 1.807) is 24.3 Å². The summed E-state index contributed by atoms with van der Waals surface area (Å²) in [5.41, 5.74) is 2.23. The topological polar surface area (TPSA) is 94.5 Å². The molecule has 7 nitrogen and oxygen atoms in total. The second kappa shape index (κ2) is 8.22. The Balaban J connectivity index is 2.02. The van der Waals surface area contributed by atoms with Crippen molar-refractivity contribution >= 4 is 12.0 Å². The van der Waals surface area contributed by atoms with Crippen molar-refractivity contribution in [1.29, 1.82) is 0 Å². The molecule has 0 spiro atoms. The standard InChI is InChI=1S/C21H22O7/c1-25-17-10-13(5-6-16(17)23)20-15(11-22)14-8-12(4-7-19(24)27-3)9-18(26-2)21(14)28-20/h4-10,15,20,22-23H,11H2,1-3H3/t15-,20+/m1/s1. The Morgan fingerprint density at radius 2 is 1.89 bits per heavy atom. The monoisotopic (exact) mass is 386 g/mol. The molecule has 2 atom stereocenters. The highest BCUT2D eigenvalue weighted by molar-refractivity contribution is 5.87. The molecule has 0 saturated carbocycles. The molecular weight excluding hydrogens is 364 g/mol. The van der Waals surface area contributed by atoms with Crippen LogP contribution in [0.3, 0.4) is 0 Å². The summed E-state index contributed by atoms with van der Waals surface area (Å²) in [7, 11) is 4.30. The zero-order valence-electron chi connectivity index (χ0n) is 15.8. The SMILES string of the molecule is COC(=O)C=Cc1cc(OC)c2c(c1)[C@@H](CO)[C@H](c1ccc(O)c(OC)c1)O2. The lowest BCUT2D eigenvalue weighted by atomic mass is 9.90. The van der Waals surface area contributed by atoms with Crippen molar-refractivity contribution in [3.05, 3.63) is 53.1 Å². The Kier molecular flexibility index (Phi) is 5.75. The number of hydrogen-bond donors (Lipinski definition) is 2. The van der Waals surface area contributed by atoms with Gasteiger partial charge in [-0.25, -0.2) is 4.79 Å². The number of methoxy groups -OCH3 is 3. The first-order valence-electron chi connectivity index (χ1n) is 8.64. The quantitative estimate of drug-likeness (QED) is 0.582. The zero-order chi connectivity index (χ0) is 20.3. The number of hydrogen-bond acceptors (Lipinski definition) is 7. The summed E-state index contributed by atoms with van der Waals surface area (Å²) in [6.07, 6.45) is 2.44. The minimum absolute atomic E-state index is 0.0233. The first-order valence-corrected chi connectivity index (χ1v) is 8.64. The largest absolute Gasteiger partial charge is 0.504 e. The predicted octanol–water partition coefficient (Wildman–Crippen LogP) is 2.81. The lowest BCUT2D eigenvalue weighted by molar-refractivity contribution is -0.134. The van der Waals surface area contributed by atoms with Gasteiger partial charge in [0, 0.05) is 11.6 Å². The Bertz CT molecular complexity index is 904. The highest BCUT2D eigenvalue weighted by Crippen LogP contribution is 2.51. The molecule has 2 aromatic rings. The third-order valence-electron chi connectivity index (χ3n) is 4.68. The molecular formula is C21H22O7. The minimum Gasteiger partial charge on any atom is -0.504 e. The van der Waals surface area contributed by atoms with Crippen LogP contribution in [0.15, 0.2) is 36.4 Å². The number of benzene rings is 2. The van der Waals surface area contributed by atoms with Gasteiger partial charge in [0.15, 0.2) is 23.0 Å². The van der Waals surface area contributed by atoms with Crippen molar-refractivity contribution < 1.29 is 34.0 Å². The van der Waals surface area contributed by atoms with Crippen LogP contribution in [0.1, 0.15) is 28.7 Å². The molecule has 0 radical (unpaired) electrons. The van der Waals surface area contributed by atoms with Gasteiger partial charge in [0.05, 0.1) is 33.9 Å². The van der Waals surface area contributed by atoms with E-state index in [1.165, 1.54) is 33.5 Å². The van der Waals surface area contributed by atoms with Crippen molar-refractivity contribution in [2.24, 2.45) is 0 Å². The molecule has 0 aliphatic carbocycles. The highest BCUT2D eigenvalue weighted by Gasteiger charge is 2.37. The van der Waals surface area contributed by atoms with E-state index in [1.807, 2.05) is 6.07 Å². The number of phenols is 1. The molecule has 7 heteroatoms. The van der Waals surface area contributed by atoms with Gasteiger partial charge in [-0.15, -0.1) is 0 Å². The minimum atomic E-state index is -0.483. The average molecular weight is 386 g/mol. The van der Waals surface area contributed by atoms with Crippen LogP contribution in [0, 0.1) is 0 Å². The second-order valence-electron chi connectivity index (χ2n) is 6.26. The summed E-state index contributed by atoms with van der Waals surface area (Å²) in [6.45, 7) is -0.159. The Morgan fingerprint density at radius 3 is 2.54 bits per heavy atom. The van der Waals surface area contributed by atoms with Crippen molar-refractivity contribution in [2.75, 3.05) is 27.9 Å². The molecule has 1 aliphatic heterocycles. The number of aliphatic hydroxyl groups is 1.